The molecule has 6 nitrogen and oxygen atoms in total. The summed E-state index contributed by atoms with van der Waals surface area (Å²) in [5, 5.41) is 14.7. The molecule has 1 aromatic carbocycles. The molecular formula is C24H30N2O4. The molecule has 1 aliphatic heterocycles. The van der Waals surface area contributed by atoms with E-state index in [1.807, 2.05) is 39.0 Å². The summed E-state index contributed by atoms with van der Waals surface area (Å²) in [5.41, 5.74) is 3.64. The van der Waals surface area contributed by atoms with Gasteiger partial charge in [0.25, 0.3) is 0 Å². The Labute approximate surface area is 177 Å². The average Bonchev–Trinajstić information content (AvgIpc) is 3.45. The zero-order valence-corrected chi connectivity index (χ0v) is 18.1. The first-order chi connectivity index (χ1) is 14.2. The second-order valence-electron chi connectivity index (χ2n) is 9.19. The molecule has 1 aliphatic carbocycles. The van der Waals surface area contributed by atoms with E-state index in [9.17, 15) is 9.90 Å². The molecule has 1 aromatic heterocycles. The number of aryl methyl sites for hydroxylation is 2. The molecule has 1 atom stereocenters. The molecule has 160 valence electrons. The number of hydrogen-bond acceptors (Lipinski definition) is 4. The fraction of sp³-hybridized carbons (Fsp3) is 0.500. The molecule has 0 radical (unpaired) electrons. The van der Waals surface area contributed by atoms with E-state index in [1.165, 1.54) is 12.8 Å². The van der Waals surface area contributed by atoms with Gasteiger partial charge in [-0.25, -0.2) is 4.79 Å². The lowest BCUT2D eigenvalue weighted by Gasteiger charge is -2.26. The van der Waals surface area contributed by atoms with Crippen LogP contribution in [0.4, 0.5) is 0 Å². The number of benzene rings is 1. The number of allylic oxidation sites excluding steroid dienone is 1. The zero-order chi connectivity index (χ0) is 21.5. The highest BCUT2D eigenvalue weighted by atomic mass is 16.5. The van der Waals surface area contributed by atoms with Crippen molar-refractivity contribution in [1.82, 2.24) is 9.78 Å². The highest BCUT2D eigenvalue weighted by molar-refractivity contribution is 5.83. The monoisotopic (exact) mass is 410 g/mol. The normalized spacial score (nSPS) is 17.6. The number of carbonyl (C=O) groups is 1. The summed E-state index contributed by atoms with van der Waals surface area (Å²) in [6.07, 6.45) is 7.43. The molecular weight excluding hydrogens is 380 g/mol. The van der Waals surface area contributed by atoms with E-state index >= 15 is 0 Å². The topological polar surface area (TPSA) is 73.6 Å². The van der Waals surface area contributed by atoms with Crippen LogP contribution < -0.4 is 4.74 Å². The summed E-state index contributed by atoms with van der Waals surface area (Å²) in [4.78, 5) is 12.2. The molecule has 2 aliphatic rings. The van der Waals surface area contributed by atoms with Crippen molar-refractivity contribution in [3.05, 3.63) is 41.2 Å². The molecule has 0 saturated heterocycles. The molecule has 0 amide bonds. The second kappa shape index (κ2) is 7.91. The van der Waals surface area contributed by atoms with E-state index in [2.05, 4.69) is 17.2 Å². The highest BCUT2D eigenvalue weighted by Crippen LogP contribution is 2.39. The van der Waals surface area contributed by atoms with Gasteiger partial charge in [0.15, 0.2) is 6.10 Å². The molecule has 30 heavy (non-hydrogen) atoms. The third-order valence-electron chi connectivity index (χ3n) is 5.41. The lowest BCUT2D eigenvalue weighted by atomic mass is 9.95. The molecule has 2 heterocycles. The third kappa shape index (κ3) is 4.43. The lowest BCUT2D eigenvalue weighted by Crippen LogP contribution is -2.29. The second-order valence-corrected chi connectivity index (χ2v) is 9.19. The van der Waals surface area contributed by atoms with Crippen LogP contribution in [0.5, 0.6) is 5.75 Å². The minimum absolute atomic E-state index is 0.560. The molecule has 1 unspecified atom stereocenters. The number of aliphatic carboxylic acids is 1. The van der Waals surface area contributed by atoms with E-state index in [-0.39, 0.29) is 0 Å². The van der Waals surface area contributed by atoms with Gasteiger partial charge in [-0.2, -0.15) is 5.10 Å². The Morgan fingerprint density at radius 2 is 2.13 bits per heavy atom. The van der Waals surface area contributed by atoms with Gasteiger partial charge in [0.2, 0.25) is 0 Å². The van der Waals surface area contributed by atoms with Gasteiger partial charge in [0.05, 0.1) is 23.6 Å². The molecule has 2 aromatic rings. The van der Waals surface area contributed by atoms with Crippen LogP contribution in [0.15, 0.2) is 24.3 Å². The maximum absolute atomic E-state index is 12.2. The van der Waals surface area contributed by atoms with Crippen LogP contribution in [-0.4, -0.2) is 33.1 Å². The van der Waals surface area contributed by atoms with Gasteiger partial charge >= 0.3 is 5.97 Å². The number of carboxylic acid groups (broad SMARTS) is 1. The number of aromatic nitrogens is 2. The summed E-state index contributed by atoms with van der Waals surface area (Å²) >= 11 is 0. The number of hydrogen-bond donors (Lipinski definition) is 1. The van der Waals surface area contributed by atoms with E-state index in [4.69, 9.17) is 9.47 Å². The van der Waals surface area contributed by atoms with Crippen molar-refractivity contribution in [2.45, 2.75) is 58.2 Å². The van der Waals surface area contributed by atoms with Crippen LogP contribution in [0.1, 0.15) is 63.1 Å². The summed E-state index contributed by atoms with van der Waals surface area (Å²) in [6, 6.07) is 6.09. The maximum Gasteiger partial charge on any atom is 0.339 e. The molecule has 1 saturated carbocycles. The largest absolute Gasteiger partial charge is 0.493 e. The van der Waals surface area contributed by atoms with Crippen molar-refractivity contribution in [3.8, 4) is 16.9 Å². The van der Waals surface area contributed by atoms with Gasteiger partial charge in [-0.3, -0.25) is 4.68 Å². The van der Waals surface area contributed by atoms with Crippen molar-refractivity contribution in [3.63, 3.8) is 0 Å². The van der Waals surface area contributed by atoms with Crippen LogP contribution in [0.3, 0.4) is 0 Å². The molecule has 1 fully saturated rings. The van der Waals surface area contributed by atoms with Crippen molar-refractivity contribution in [2.75, 3.05) is 6.61 Å². The van der Waals surface area contributed by atoms with Gasteiger partial charge in [-0.1, -0.05) is 12.1 Å². The van der Waals surface area contributed by atoms with E-state index in [0.717, 1.165) is 47.6 Å². The van der Waals surface area contributed by atoms with Crippen LogP contribution in [0.2, 0.25) is 0 Å². The fourth-order valence-corrected chi connectivity index (χ4v) is 3.88. The highest BCUT2D eigenvalue weighted by Gasteiger charge is 2.34. The van der Waals surface area contributed by atoms with Gasteiger partial charge in [-0.15, -0.1) is 0 Å². The average molecular weight is 411 g/mol. The quantitative estimate of drug-likeness (QED) is 0.742. The number of nitrogens with zero attached hydrogens (tertiary/aromatic N) is 2. The van der Waals surface area contributed by atoms with Gasteiger partial charge in [0, 0.05) is 12.6 Å². The fourth-order valence-electron chi connectivity index (χ4n) is 3.88. The van der Waals surface area contributed by atoms with Crippen molar-refractivity contribution in [2.24, 2.45) is 13.0 Å². The number of rotatable bonds is 6. The summed E-state index contributed by atoms with van der Waals surface area (Å²) in [5.74, 6) is 0.487. The number of ether oxygens (including phenoxy) is 2. The molecule has 0 spiro atoms. The molecule has 1 N–H and O–H groups in total. The van der Waals surface area contributed by atoms with Gasteiger partial charge in [0.1, 0.15) is 5.75 Å². The summed E-state index contributed by atoms with van der Waals surface area (Å²) < 4.78 is 13.4. The Kier molecular flexibility index (Phi) is 5.45. The van der Waals surface area contributed by atoms with E-state index in [0.29, 0.717) is 11.6 Å². The van der Waals surface area contributed by atoms with E-state index in [1.54, 1.807) is 11.7 Å². The Morgan fingerprint density at radius 1 is 1.37 bits per heavy atom. The number of carboxylic acids is 1. The zero-order valence-electron chi connectivity index (χ0n) is 18.1. The van der Waals surface area contributed by atoms with Crippen molar-refractivity contribution >= 4 is 12.0 Å². The molecule has 0 bridgehead atoms. The van der Waals surface area contributed by atoms with Crippen LogP contribution in [-0.2, 0) is 23.0 Å². The molecule has 6 heteroatoms. The first-order valence-electron chi connectivity index (χ1n) is 10.6. The van der Waals surface area contributed by atoms with Crippen LogP contribution in [0.25, 0.3) is 17.2 Å². The predicted octanol–water partition coefficient (Wildman–Crippen LogP) is 4.78. The predicted molar refractivity (Wildman–Crippen MR) is 115 cm³/mol. The molecule has 4 rings (SSSR count). The number of fused-ring (bicyclic) bond motifs is 1. The maximum atomic E-state index is 12.2. The Morgan fingerprint density at radius 3 is 2.80 bits per heavy atom. The first-order valence-corrected chi connectivity index (χ1v) is 10.6. The van der Waals surface area contributed by atoms with Crippen LogP contribution >= 0.6 is 0 Å². The Balaban J connectivity index is 1.86. The summed E-state index contributed by atoms with van der Waals surface area (Å²) in [6.45, 7) is 6.33. The van der Waals surface area contributed by atoms with Crippen molar-refractivity contribution in [1.29, 1.82) is 0 Å². The van der Waals surface area contributed by atoms with Crippen molar-refractivity contribution < 1.29 is 19.4 Å². The minimum Gasteiger partial charge on any atom is -0.493 e. The van der Waals surface area contributed by atoms with Gasteiger partial charge < -0.3 is 14.6 Å². The first kappa shape index (κ1) is 20.7. The van der Waals surface area contributed by atoms with Crippen LogP contribution in [0, 0.1) is 5.92 Å². The Hall–Kier alpha value is -2.60. The smallest absolute Gasteiger partial charge is 0.339 e. The SMILES string of the molecule is Cn1nc(C=CC2CC2)c(-c2ccc3c(c2)CCCO3)c1C(OC(C)(C)C)C(=O)O. The Bertz CT molecular complexity index is 980. The third-order valence-corrected chi connectivity index (χ3v) is 5.41. The minimum atomic E-state index is -1.12. The standard InChI is InChI=1S/C24H30N2O4/c1-24(2,3)30-22(23(27)28)21-20(18(25-26(21)4)11-9-15-7-8-15)17-10-12-19-16(14-17)6-5-13-29-19/h9-12,14-15,22H,5-8,13H2,1-4H3,(H,27,28). The van der Waals surface area contributed by atoms with Gasteiger partial charge in [-0.05, 0) is 81.7 Å². The lowest BCUT2D eigenvalue weighted by molar-refractivity contribution is -0.161. The summed E-state index contributed by atoms with van der Waals surface area (Å²) in [7, 11) is 1.79. The van der Waals surface area contributed by atoms with E-state index < -0.39 is 17.7 Å².